The minimum absolute atomic E-state index is 0.0167. The molecule has 4 N–H and O–H groups in total. The lowest BCUT2D eigenvalue weighted by Crippen LogP contribution is -2.17. The van der Waals surface area contributed by atoms with E-state index in [1.807, 2.05) is 0 Å². The van der Waals surface area contributed by atoms with E-state index < -0.39 is 23.7 Å². The Morgan fingerprint density at radius 3 is 2.52 bits per heavy atom. The van der Waals surface area contributed by atoms with Crippen LogP contribution in [0.3, 0.4) is 0 Å². The summed E-state index contributed by atoms with van der Waals surface area (Å²) in [7, 11) is 0. The van der Waals surface area contributed by atoms with Crippen LogP contribution in [-0.4, -0.2) is 27.0 Å². The molecule has 0 atom stereocenters. The molecular weight excluding hydrogens is 502 g/mol. The molecule has 0 saturated heterocycles. The van der Waals surface area contributed by atoms with Crippen molar-refractivity contribution in [3.63, 3.8) is 0 Å². The number of fused-ring (bicyclic) bond motifs is 1. The van der Waals surface area contributed by atoms with Crippen LogP contribution in [0.4, 0.5) is 18.9 Å². The number of anilines is 1. The minimum atomic E-state index is -4.67. The van der Waals surface area contributed by atoms with Gasteiger partial charge in [-0.3, -0.25) is 14.7 Å². The highest BCUT2D eigenvalue weighted by Gasteiger charge is 2.34. The number of hydrogen-bond donors (Lipinski definition) is 3. The number of nitrogens with one attached hydrogen (secondary N) is 2. The van der Waals surface area contributed by atoms with E-state index in [9.17, 15) is 22.8 Å². The Morgan fingerprint density at radius 1 is 1.15 bits per heavy atom. The van der Waals surface area contributed by atoms with Crippen molar-refractivity contribution in [3.8, 4) is 11.3 Å². The number of halogens is 5. The fourth-order valence-corrected chi connectivity index (χ4v) is 4.50. The Bertz CT molecular complexity index is 1430. The van der Waals surface area contributed by atoms with Gasteiger partial charge in [-0.2, -0.15) is 18.3 Å². The lowest BCUT2D eigenvalue weighted by Gasteiger charge is -2.09. The molecule has 0 aliphatic carbocycles. The van der Waals surface area contributed by atoms with Gasteiger partial charge in [-0.05, 0) is 36.8 Å². The molecule has 0 aliphatic heterocycles. The number of rotatable bonds is 4. The molecule has 170 valence electrons. The molecular formula is C20H12Cl2F3N5O2S. The maximum atomic E-state index is 13.1. The minimum Gasteiger partial charge on any atom is -0.365 e. The van der Waals surface area contributed by atoms with Crippen molar-refractivity contribution in [3.05, 3.63) is 62.2 Å². The highest BCUT2D eigenvalue weighted by Crippen LogP contribution is 2.40. The second kappa shape index (κ2) is 8.32. The lowest BCUT2D eigenvalue weighted by atomic mass is 10.1. The van der Waals surface area contributed by atoms with Crippen LogP contribution in [0.5, 0.6) is 0 Å². The number of aryl methyl sites for hydroxylation is 1. The van der Waals surface area contributed by atoms with E-state index in [4.69, 9.17) is 28.9 Å². The van der Waals surface area contributed by atoms with E-state index in [2.05, 4.69) is 20.5 Å². The summed E-state index contributed by atoms with van der Waals surface area (Å²) >= 11 is 12.6. The van der Waals surface area contributed by atoms with E-state index in [-0.39, 0.29) is 32.0 Å². The first-order valence-electron chi connectivity index (χ1n) is 9.09. The van der Waals surface area contributed by atoms with Crippen LogP contribution in [0.2, 0.25) is 10.0 Å². The number of nitrogens with zero attached hydrogens (tertiary/aromatic N) is 2. The van der Waals surface area contributed by atoms with Gasteiger partial charge in [0.15, 0.2) is 0 Å². The van der Waals surface area contributed by atoms with Gasteiger partial charge in [-0.25, -0.2) is 4.98 Å². The van der Waals surface area contributed by atoms with Gasteiger partial charge in [-0.1, -0.05) is 29.3 Å². The summed E-state index contributed by atoms with van der Waals surface area (Å²) in [5.74, 6) is -1.60. The van der Waals surface area contributed by atoms with Crippen LogP contribution in [-0.2, 0) is 6.18 Å². The van der Waals surface area contributed by atoms with Gasteiger partial charge in [-0.15, -0.1) is 11.3 Å². The number of carbonyl (C=O) groups is 2. The van der Waals surface area contributed by atoms with Gasteiger partial charge in [0, 0.05) is 10.9 Å². The number of hydrogen-bond acceptors (Lipinski definition) is 5. The Labute approximate surface area is 197 Å². The van der Waals surface area contributed by atoms with E-state index >= 15 is 0 Å². The monoisotopic (exact) mass is 513 g/mol. The Hall–Kier alpha value is -3.15. The molecule has 0 unspecified atom stereocenters. The molecule has 1 aromatic carbocycles. The van der Waals surface area contributed by atoms with Crippen LogP contribution in [0.1, 0.15) is 31.4 Å². The smallest absolute Gasteiger partial charge is 0.365 e. The zero-order valence-electron chi connectivity index (χ0n) is 16.5. The van der Waals surface area contributed by atoms with Crippen molar-refractivity contribution in [1.82, 2.24) is 15.2 Å². The van der Waals surface area contributed by atoms with E-state index in [1.165, 1.54) is 13.0 Å². The molecule has 3 heterocycles. The van der Waals surface area contributed by atoms with Crippen LogP contribution in [0, 0.1) is 6.92 Å². The second-order valence-corrected chi connectivity index (χ2v) is 8.74. The van der Waals surface area contributed by atoms with Gasteiger partial charge in [0.25, 0.3) is 11.8 Å². The normalized spacial score (nSPS) is 11.7. The van der Waals surface area contributed by atoms with Crippen LogP contribution in [0.25, 0.3) is 21.5 Å². The Kier molecular flexibility index (Phi) is 5.81. The number of pyridine rings is 1. The molecule has 13 heteroatoms. The number of amides is 2. The molecule has 0 aliphatic rings. The number of alkyl halides is 3. The SMILES string of the molecule is Cc1cc(C(F)(F)F)nc2sc(C(N)=O)c(NC(=O)c3cc(-c4ccc(Cl)c(Cl)c4)n[nH]3)c12. The topological polar surface area (TPSA) is 114 Å². The number of primary amides is 1. The van der Waals surface area contributed by atoms with Crippen molar-refractivity contribution in [2.75, 3.05) is 5.32 Å². The maximum Gasteiger partial charge on any atom is 0.433 e. The summed E-state index contributed by atoms with van der Waals surface area (Å²) < 4.78 is 39.4. The number of carbonyl (C=O) groups excluding carboxylic acids is 2. The Balaban J connectivity index is 1.72. The number of nitrogens with two attached hydrogens (primary N) is 1. The quantitative estimate of drug-likeness (QED) is 0.326. The zero-order chi connectivity index (χ0) is 24.1. The molecule has 2 amide bonds. The summed E-state index contributed by atoms with van der Waals surface area (Å²) in [6, 6.07) is 7.10. The summed E-state index contributed by atoms with van der Waals surface area (Å²) in [5, 5.41) is 10.0. The number of aromatic nitrogens is 3. The fraction of sp³-hybridized carbons (Fsp3) is 0.100. The zero-order valence-corrected chi connectivity index (χ0v) is 18.8. The average Bonchev–Trinajstić information content (AvgIpc) is 3.35. The van der Waals surface area contributed by atoms with E-state index in [0.717, 1.165) is 6.07 Å². The predicted octanol–water partition coefficient (Wildman–Crippen LogP) is 5.67. The van der Waals surface area contributed by atoms with Gasteiger partial charge >= 0.3 is 6.18 Å². The Morgan fingerprint density at radius 2 is 1.88 bits per heavy atom. The average molecular weight is 514 g/mol. The van der Waals surface area contributed by atoms with Crippen LogP contribution >= 0.6 is 34.5 Å². The predicted molar refractivity (Wildman–Crippen MR) is 120 cm³/mol. The van der Waals surface area contributed by atoms with Crippen molar-refractivity contribution in [1.29, 1.82) is 0 Å². The highest BCUT2D eigenvalue weighted by atomic mass is 35.5. The molecule has 0 fully saturated rings. The lowest BCUT2D eigenvalue weighted by molar-refractivity contribution is -0.141. The van der Waals surface area contributed by atoms with Gasteiger partial charge in [0.2, 0.25) is 0 Å². The van der Waals surface area contributed by atoms with E-state index in [0.29, 0.717) is 32.6 Å². The molecule has 4 aromatic rings. The molecule has 33 heavy (non-hydrogen) atoms. The van der Waals surface area contributed by atoms with Crippen molar-refractivity contribution >= 4 is 62.3 Å². The van der Waals surface area contributed by atoms with Gasteiger partial charge in [0.1, 0.15) is 21.1 Å². The fourth-order valence-electron chi connectivity index (χ4n) is 3.14. The van der Waals surface area contributed by atoms with Crippen molar-refractivity contribution < 1.29 is 22.8 Å². The number of benzene rings is 1. The second-order valence-electron chi connectivity index (χ2n) is 6.92. The number of aromatic amines is 1. The molecule has 0 bridgehead atoms. The first-order chi connectivity index (χ1) is 15.5. The number of H-pyrrole nitrogens is 1. The van der Waals surface area contributed by atoms with Gasteiger partial charge in [0.05, 0.1) is 21.4 Å². The molecule has 0 spiro atoms. The van der Waals surface area contributed by atoms with Crippen LogP contribution in [0.15, 0.2) is 30.3 Å². The largest absolute Gasteiger partial charge is 0.433 e. The summed E-state index contributed by atoms with van der Waals surface area (Å²) in [4.78, 5) is 28.2. The molecule has 7 nitrogen and oxygen atoms in total. The highest BCUT2D eigenvalue weighted by molar-refractivity contribution is 7.21. The first kappa shape index (κ1) is 23.0. The van der Waals surface area contributed by atoms with E-state index in [1.54, 1.807) is 18.2 Å². The van der Waals surface area contributed by atoms with Crippen molar-refractivity contribution in [2.24, 2.45) is 5.73 Å². The maximum absolute atomic E-state index is 13.1. The number of thiophene rings is 1. The first-order valence-corrected chi connectivity index (χ1v) is 10.7. The standard InChI is InChI=1S/C20H12Cl2F3N5O2S/c1-7-4-13(20(23,24)25)27-19-14(7)15(16(33-19)17(26)31)28-18(32)12-6-11(29-30-12)8-2-3-9(21)10(22)5-8/h2-6H,1H3,(H2,26,31)(H,28,32)(H,29,30). The molecule has 0 radical (unpaired) electrons. The van der Waals surface area contributed by atoms with Crippen molar-refractivity contribution in [2.45, 2.75) is 13.1 Å². The third-order valence-corrected chi connectivity index (χ3v) is 6.49. The third kappa shape index (κ3) is 4.39. The van der Waals surface area contributed by atoms with Gasteiger partial charge < -0.3 is 11.1 Å². The summed E-state index contributed by atoms with van der Waals surface area (Å²) in [5.41, 5.74) is 5.47. The molecule has 0 saturated carbocycles. The third-order valence-electron chi connectivity index (χ3n) is 4.65. The van der Waals surface area contributed by atoms with Crippen LogP contribution < -0.4 is 11.1 Å². The molecule has 4 rings (SSSR count). The molecule has 3 aromatic heterocycles. The summed E-state index contributed by atoms with van der Waals surface area (Å²) in [6.07, 6.45) is -4.67. The summed E-state index contributed by atoms with van der Waals surface area (Å²) in [6.45, 7) is 1.42.